The maximum atomic E-state index is 13.9. The highest BCUT2D eigenvalue weighted by atomic mass is 32.1. The highest BCUT2D eigenvalue weighted by Gasteiger charge is 2.43. The molecule has 0 fully saturated rings. The van der Waals surface area contributed by atoms with E-state index in [1.165, 1.54) is 0 Å². The number of benzene rings is 1. The Morgan fingerprint density at radius 3 is 2.55 bits per heavy atom. The van der Waals surface area contributed by atoms with Gasteiger partial charge in [0.1, 0.15) is 17.6 Å². The van der Waals surface area contributed by atoms with Crippen LogP contribution in [0, 0.1) is 24.2 Å². The van der Waals surface area contributed by atoms with E-state index in [-0.39, 0.29) is 24.7 Å². The Kier molecular flexibility index (Phi) is 12.5. The fourth-order valence-corrected chi connectivity index (χ4v) is 5.93. The van der Waals surface area contributed by atoms with Crippen molar-refractivity contribution in [2.45, 2.75) is 98.6 Å². The van der Waals surface area contributed by atoms with Gasteiger partial charge in [0.25, 0.3) is 0 Å². The van der Waals surface area contributed by atoms with E-state index in [2.05, 4.69) is 17.1 Å². The average molecular weight is 598 g/mol. The molecule has 0 aliphatic carbocycles. The van der Waals surface area contributed by atoms with Gasteiger partial charge in [-0.15, -0.1) is 11.3 Å². The number of aryl methyl sites for hydroxylation is 1. The lowest BCUT2D eigenvalue weighted by Crippen LogP contribution is -2.46. The predicted molar refractivity (Wildman–Crippen MR) is 167 cm³/mol. The molecule has 1 aromatic carbocycles. The van der Waals surface area contributed by atoms with Crippen LogP contribution in [0.15, 0.2) is 47.4 Å². The maximum absolute atomic E-state index is 13.9. The van der Waals surface area contributed by atoms with E-state index < -0.39 is 35.6 Å². The van der Waals surface area contributed by atoms with E-state index in [0.29, 0.717) is 6.42 Å². The van der Waals surface area contributed by atoms with Crippen LogP contribution in [0.3, 0.4) is 0 Å². The Balaban J connectivity index is 1.91. The Bertz CT molecular complexity index is 1230. The molecule has 0 bridgehead atoms. The van der Waals surface area contributed by atoms with Crippen LogP contribution in [-0.2, 0) is 25.7 Å². The van der Waals surface area contributed by atoms with Gasteiger partial charge in [-0.1, -0.05) is 52.0 Å². The van der Waals surface area contributed by atoms with Gasteiger partial charge in [0, 0.05) is 17.7 Å². The number of aliphatic hydroxyl groups excluding tert-OH is 1. The number of carbonyl (C=O) groups excluding carboxylic acids is 2. The highest BCUT2D eigenvalue weighted by molar-refractivity contribution is 7.09. The molecule has 0 saturated heterocycles. The van der Waals surface area contributed by atoms with Crippen molar-refractivity contribution >= 4 is 29.2 Å². The summed E-state index contributed by atoms with van der Waals surface area (Å²) in [6.07, 6.45) is 7.09. The number of hydrogen-bond acceptors (Lipinski definition) is 8. The molecule has 1 aliphatic rings. The van der Waals surface area contributed by atoms with Gasteiger partial charge >= 0.3 is 5.97 Å². The van der Waals surface area contributed by atoms with Crippen molar-refractivity contribution in [2.24, 2.45) is 17.3 Å². The van der Waals surface area contributed by atoms with Gasteiger partial charge in [0.15, 0.2) is 0 Å². The van der Waals surface area contributed by atoms with Gasteiger partial charge in [-0.05, 0) is 68.4 Å². The first-order chi connectivity index (χ1) is 19.9. The lowest BCUT2D eigenvalue weighted by Gasteiger charge is -2.37. The first-order valence-corrected chi connectivity index (χ1v) is 15.7. The number of esters is 1. The molecule has 1 aromatic heterocycles. The monoisotopic (exact) mass is 597 g/mol. The number of allylic oxidation sites excluding steroid dienone is 1. The average Bonchev–Trinajstić information content (AvgIpc) is 3.38. The zero-order valence-corrected chi connectivity index (χ0v) is 26.9. The normalized spacial score (nSPS) is 27.3. The van der Waals surface area contributed by atoms with Crippen LogP contribution in [0.4, 0.5) is 0 Å². The van der Waals surface area contributed by atoms with Crippen LogP contribution in [-0.4, -0.2) is 47.3 Å². The van der Waals surface area contributed by atoms with Gasteiger partial charge in [-0.3, -0.25) is 9.59 Å². The number of cyclic esters (lactones) is 1. The summed E-state index contributed by atoms with van der Waals surface area (Å²) in [7, 11) is 1.61. The summed E-state index contributed by atoms with van der Waals surface area (Å²) in [5.41, 5.74) is 1.58. The quantitative estimate of drug-likeness (QED) is 0.280. The summed E-state index contributed by atoms with van der Waals surface area (Å²) in [5.74, 6) is -0.487. The lowest BCUT2D eigenvalue weighted by atomic mass is 9.73. The predicted octanol–water partition coefficient (Wildman–Crippen LogP) is 7.11. The summed E-state index contributed by atoms with van der Waals surface area (Å²) < 4.78 is 17.6. The number of thiazole rings is 1. The van der Waals surface area contributed by atoms with Crippen molar-refractivity contribution in [1.82, 2.24) is 4.98 Å². The van der Waals surface area contributed by atoms with Gasteiger partial charge < -0.3 is 19.3 Å². The molecular weight excluding hydrogens is 550 g/mol. The lowest BCUT2D eigenvalue weighted by molar-refractivity contribution is -0.158. The highest BCUT2D eigenvalue weighted by Crippen LogP contribution is 2.34. The molecule has 1 N–H and O–H groups in total. The third kappa shape index (κ3) is 9.35. The van der Waals surface area contributed by atoms with Gasteiger partial charge in [0.05, 0.1) is 48.5 Å². The second kappa shape index (κ2) is 15.6. The van der Waals surface area contributed by atoms with Crippen LogP contribution in [0.5, 0.6) is 5.75 Å². The molecule has 5 atom stereocenters. The van der Waals surface area contributed by atoms with E-state index in [0.717, 1.165) is 46.9 Å². The van der Waals surface area contributed by atoms with E-state index in [9.17, 15) is 14.7 Å². The SMILES string of the molecule is COc1ccc(CO[C@H]2CC(=O)O[C@H](/C(C)=C/c3csc(C)n3)C/C=C\CCC[C@H](C)[C@H](O)[C@@H](C)C(=O)C2(C)C)cc1. The molecule has 0 spiro atoms. The van der Waals surface area contributed by atoms with E-state index >= 15 is 0 Å². The zero-order chi connectivity index (χ0) is 30.9. The Morgan fingerprint density at radius 1 is 1.19 bits per heavy atom. The van der Waals surface area contributed by atoms with E-state index in [4.69, 9.17) is 14.2 Å². The molecule has 230 valence electrons. The number of methoxy groups -OCH3 is 1. The van der Waals surface area contributed by atoms with Crippen molar-refractivity contribution in [2.75, 3.05) is 7.11 Å². The van der Waals surface area contributed by atoms with E-state index in [1.54, 1.807) is 39.2 Å². The fraction of sp³-hybridized carbons (Fsp3) is 0.559. The van der Waals surface area contributed by atoms with Gasteiger partial charge in [-0.25, -0.2) is 4.98 Å². The summed E-state index contributed by atoms with van der Waals surface area (Å²) in [5, 5.41) is 14.0. The summed E-state index contributed by atoms with van der Waals surface area (Å²) >= 11 is 1.58. The summed E-state index contributed by atoms with van der Waals surface area (Å²) in [6, 6.07) is 7.48. The van der Waals surface area contributed by atoms with Crippen LogP contribution in [0.25, 0.3) is 6.08 Å². The molecule has 2 heterocycles. The minimum Gasteiger partial charge on any atom is -0.497 e. The van der Waals surface area contributed by atoms with Crippen LogP contribution < -0.4 is 4.74 Å². The molecule has 0 radical (unpaired) electrons. The molecule has 0 unspecified atom stereocenters. The minimum atomic E-state index is -1.05. The molecule has 42 heavy (non-hydrogen) atoms. The second-order valence-corrected chi connectivity index (χ2v) is 13.1. The number of aromatic nitrogens is 1. The Labute approximate surface area is 255 Å². The number of nitrogens with zero attached hydrogens (tertiary/aromatic N) is 1. The number of rotatable bonds is 6. The van der Waals surface area contributed by atoms with Crippen molar-refractivity contribution in [3.05, 3.63) is 63.6 Å². The topological polar surface area (TPSA) is 95.0 Å². The molecule has 3 rings (SSSR count). The molecule has 2 aromatic rings. The number of Topliss-reactive ketones (excluding diaryl/α,β-unsaturated/α-hetero) is 1. The van der Waals surface area contributed by atoms with Gasteiger partial charge in [0.2, 0.25) is 0 Å². The van der Waals surface area contributed by atoms with Crippen molar-refractivity contribution in [3.8, 4) is 5.75 Å². The zero-order valence-electron chi connectivity index (χ0n) is 26.1. The van der Waals surface area contributed by atoms with Crippen LogP contribution >= 0.6 is 11.3 Å². The Hall–Kier alpha value is -2.81. The first kappa shape index (κ1) is 33.7. The van der Waals surface area contributed by atoms with Crippen molar-refractivity contribution in [1.29, 1.82) is 0 Å². The molecule has 0 saturated carbocycles. The van der Waals surface area contributed by atoms with E-state index in [1.807, 2.05) is 56.5 Å². The molecule has 7 nitrogen and oxygen atoms in total. The number of hydrogen-bond donors (Lipinski definition) is 1. The van der Waals surface area contributed by atoms with Crippen LogP contribution in [0.2, 0.25) is 0 Å². The largest absolute Gasteiger partial charge is 0.497 e. The molecular formula is C34H47NO6S. The second-order valence-electron chi connectivity index (χ2n) is 12.0. The third-order valence-corrected chi connectivity index (χ3v) is 9.04. The number of ketones is 1. The number of aliphatic hydroxyl groups is 1. The number of carbonyl (C=O) groups is 2. The fourth-order valence-electron chi connectivity index (χ4n) is 5.36. The Morgan fingerprint density at radius 2 is 1.90 bits per heavy atom. The minimum absolute atomic E-state index is 0.0378. The summed E-state index contributed by atoms with van der Waals surface area (Å²) in [4.78, 5) is 31.9. The molecule has 0 amide bonds. The number of ether oxygens (including phenoxy) is 3. The smallest absolute Gasteiger partial charge is 0.309 e. The maximum Gasteiger partial charge on any atom is 0.309 e. The standard InChI is InChI=1S/C34H47NO6S/c1-22-12-10-8-9-11-13-29(23(2)18-27-21-42-25(4)35-27)41-31(36)19-30(34(5,6)33(38)24(3)32(22)37)40-20-26-14-16-28(39-7)17-15-26/h9,11,14-18,21-22,24,29-30,32,37H,8,10,12-13,19-20H2,1-7H3/b11-9-,23-18+/t22-,24+,29-,30-,32-/m0/s1. The summed E-state index contributed by atoms with van der Waals surface area (Å²) in [6.45, 7) is 11.5. The molecule has 8 heteroatoms. The van der Waals surface area contributed by atoms with Crippen molar-refractivity contribution < 1.29 is 28.9 Å². The molecule has 1 aliphatic heterocycles. The van der Waals surface area contributed by atoms with Gasteiger partial charge in [-0.2, -0.15) is 0 Å². The first-order valence-electron chi connectivity index (χ1n) is 14.8. The van der Waals surface area contributed by atoms with Crippen LogP contribution in [0.1, 0.15) is 83.0 Å². The third-order valence-electron chi connectivity index (χ3n) is 8.25. The van der Waals surface area contributed by atoms with Crippen molar-refractivity contribution in [3.63, 3.8) is 0 Å².